The summed E-state index contributed by atoms with van der Waals surface area (Å²) in [6.45, 7) is 9.19. The molecule has 1 aromatic carbocycles. The molecule has 33 heavy (non-hydrogen) atoms. The average molecular weight is 447 g/mol. The van der Waals surface area contributed by atoms with Crippen LogP contribution in [0.3, 0.4) is 0 Å². The molecule has 2 saturated heterocycles. The summed E-state index contributed by atoms with van der Waals surface area (Å²) in [5, 5.41) is 7.78. The lowest BCUT2D eigenvalue weighted by atomic mass is 10.2. The van der Waals surface area contributed by atoms with E-state index in [-0.39, 0.29) is 11.9 Å². The zero-order valence-electron chi connectivity index (χ0n) is 18.9. The van der Waals surface area contributed by atoms with E-state index in [2.05, 4.69) is 68.3 Å². The average Bonchev–Trinajstić information content (AvgIpc) is 3.49. The lowest BCUT2D eigenvalue weighted by Crippen LogP contribution is -2.44. The van der Waals surface area contributed by atoms with Crippen molar-refractivity contribution < 1.29 is 4.79 Å². The lowest BCUT2D eigenvalue weighted by molar-refractivity contribution is -0.125. The van der Waals surface area contributed by atoms with Gasteiger partial charge in [-0.2, -0.15) is 9.97 Å². The van der Waals surface area contributed by atoms with Crippen LogP contribution in [0.1, 0.15) is 6.42 Å². The second-order valence-electron chi connectivity index (χ2n) is 8.72. The number of carbonyl (C=O) groups is 1. The van der Waals surface area contributed by atoms with Crippen LogP contribution in [-0.4, -0.2) is 83.0 Å². The van der Waals surface area contributed by atoms with E-state index in [0.717, 1.165) is 55.1 Å². The van der Waals surface area contributed by atoms with Crippen molar-refractivity contribution in [2.24, 2.45) is 0 Å². The maximum Gasteiger partial charge on any atom is 0.246 e. The van der Waals surface area contributed by atoms with E-state index >= 15 is 0 Å². The number of piperazine rings is 1. The highest BCUT2D eigenvalue weighted by Crippen LogP contribution is 2.26. The molecule has 3 aromatic rings. The molecule has 2 aliphatic heterocycles. The number of likely N-dealkylation sites (N-methyl/N-ethyl adjacent to an activating group) is 1. The molecular formula is C24H30N8O. The van der Waals surface area contributed by atoms with Gasteiger partial charge in [0.05, 0.1) is 5.39 Å². The van der Waals surface area contributed by atoms with Gasteiger partial charge in [-0.1, -0.05) is 6.58 Å². The Morgan fingerprint density at radius 1 is 1.12 bits per heavy atom. The van der Waals surface area contributed by atoms with Gasteiger partial charge in [-0.3, -0.25) is 4.79 Å². The minimum atomic E-state index is -0.0313. The normalized spacial score (nSPS) is 19.1. The number of fused-ring (bicyclic) bond motifs is 1. The number of aromatic nitrogens is 3. The van der Waals surface area contributed by atoms with Gasteiger partial charge in [-0.05, 0) is 49.9 Å². The number of hydrogen-bond donors (Lipinski definition) is 3. The molecule has 0 spiro atoms. The Morgan fingerprint density at radius 3 is 2.67 bits per heavy atom. The molecule has 3 N–H and O–H groups in total. The van der Waals surface area contributed by atoms with Crippen molar-refractivity contribution in [3.8, 4) is 0 Å². The Hall–Kier alpha value is -3.59. The fourth-order valence-electron chi connectivity index (χ4n) is 4.46. The van der Waals surface area contributed by atoms with Gasteiger partial charge in [0.15, 0.2) is 0 Å². The largest absolute Gasteiger partial charge is 0.369 e. The number of aromatic amines is 1. The van der Waals surface area contributed by atoms with Gasteiger partial charge in [0.2, 0.25) is 11.9 Å². The third-order valence-electron chi connectivity index (χ3n) is 6.42. The smallest absolute Gasteiger partial charge is 0.246 e. The van der Waals surface area contributed by atoms with Gasteiger partial charge < -0.3 is 30.3 Å². The molecule has 1 amide bonds. The zero-order chi connectivity index (χ0) is 22.8. The Bertz CT molecular complexity index is 1130. The summed E-state index contributed by atoms with van der Waals surface area (Å²) in [7, 11) is 2.16. The first-order valence-corrected chi connectivity index (χ1v) is 11.4. The van der Waals surface area contributed by atoms with Gasteiger partial charge >= 0.3 is 0 Å². The quantitative estimate of drug-likeness (QED) is 0.501. The van der Waals surface area contributed by atoms with Crippen LogP contribution < -0.4 is 15.5 Å². The molecule has 9 heteroatoms. The summed E-state index contributed by atoms with van der Waals surface area (Å²) in [5.41, 5.74) is 2.94. The van der Waals surface area contributed by atoms with E-state index in [4.69, 9.17) is 4.98 Å². The van der Waals surface area contributed by atoms with Crippen molar-refractivity contribution in [2.75, 3.05) is 61.8 Å². The van der Waals surface area contributed by atoms with Crippen molar-refractivity contribution in [2.45, 2.75) is 12.5 Å². The van der Waals surface area contributed by atoms with Crippen LogP contribution in [0.25, 0.3) is 11.0 Å². The van der Waals surface area contributed by atoms with Crippen LogP contribution in [0, 0.1) is 0 Å². The molecule has 2 aromatic heterocycles. The molecule has 2 aliphatic rings. The first kappa shape index (κ1) is 21.3. The van der Waals surface area contributed by atoms with Crippen LogP contribution >= 0.6 is 0 Å². The summed E-state index contributed by atoms with van der Waals surface area (Å²) in [6, 6.07) is 10.5. The third kappa shape index (κ3) is 4.63. The molecule has 0 aliphatic carbocycles. The van der Waals surface area contributed by atoms with Crippen molar-refractivity contribution in [3.63, 3.8) is 0 Å². The van der Waals surface area contributed by atoms with E-state index < -0.39 is 0 Å². The number of carbonyl (C=O) groups excluding carboxylic acids is 1. The number of H-pyrrole nitrogens is 1. The predicted molar refractivity (Wildman–Crippen MR) is 132 cm³/mol. The fraction of sp³-hybridized carbons (Fsp3) is 0.375. The number of likely N-dealkylation sites (tertiary alicyclic amines) is 1. The van der Waals surface area contributed by atoms with Crippen molar-refractivity contribution in [1.29, 1.82) is 0 Å². The topological polar surface area (TPSA) is 92.4 Å². The molecule has 172 valence electrons. The molecule has 2 fully saturated rings. The van der Waals surface area contributed by atoms with E-state index in [1.807, 2.05) is 12.3 Å². The summed E-state index contributed by atoms with van der Waals surface area (Å²) in [4.78, 5) is 31.1. The van der Waals surface area contributed by atoms with Gasteiger partial charge in [0.25, 0.3) is 0 Å². The highest BCUT2D eigenvalue weighted by Gasteiger charge is 2.26. The Kier molecular flexibility index (Phi) is 5.87. The van der Waals surface area contributed by atoms with Gasteiger partial charge in [-0.15, -0.1) is 0 Å². The first-order chi connectivity index (χ1) is 16.1. The van der Waals surface area contributed by atoms with Crippen LogP contribution in [0.4, 0.5) is 23.1 Å². The molecule has 0 saturated carbocycles. The summed E-state index contributed by atoms with van der Waals surface area (Å²) >= 11 is 0. The fourth-order valence-corrected chi connectivity index (χ4v) is 4.46. The molecule has 9 nitrogen and oxygen atoms in total. The number of nitrogens with one attached hydrogen (secondary N) is 3. The van der Waals surface area contributed by atoms with Crippen molar-refractivity contribution >= 4 is 40.1 Å². The third-order valence-corrected chi connectivity index (χ3v) is 6.42. The number of rotatable bonds is 6. The number of amides is 1. The second-order valence-corrected chi connectivity index (χ2v) is 8.72. The zero-order valence-corrected chi connectivity index (χ0v) is 18.9. The van der Waals surface area contributed by atoms with E-state index in [9.17, 15) is 4.79 Å². The number of anilines is 4. The van der Waals surface area contributed by atoms with Crippen LogP contribution in [-0.2, 0) is 4.79 Å². The molecule has 5 rings (SSSR count). The maximum atomic E-state index is 11.9. The van der Waals surface area contributed by atoms with Gasteiger partial charge in [0, 0.05) is 62.9 Å². The van der Waals surface area contributed by atoms with Crippen LogP contribution in [0.2, 0.25) is 0 Å². The summed E-state index contributed by atoms with van der Waals surface area (Å²) in [6.07, 6.45) is 4.10. The molecule has 1 atom stereocenters. The second kappa shape index (κ2) is 9.11. The van der Waals surface area contributed by atoms with Crippen LogP contribution in [0.15, 0.2) is 49.2 Å². The van der Waals surface area contributed by atoms with E-state index in [1.165, 1.54) is 11.8 Å². The summed E-state index contributed by atoms with van der Waals surface area (Å²) < 4.78 is 0. The highest BCUT2D eigenvalue weighted by molar-refractivity contribution is 5.89. The molecule has 0 radical (unpaired) electrons. The van der Waals surface area contributed by atoms with Crippen LogP contribution in [0.5, 0.6) is 0 Å². The molecule has 0 bridgehead atoms. The number of benzene rings is 1. The highest BCUT2D eigenvalue weighted by atomic mass is 16.2. The lowest BCUT2D eigenvalue weighted by Gasteiger charge is -2.34. The van der Waals surface area contributed by atoms with Gasteiger partial charge in [0.1, 0.15) is 11.5 Å². The number of nitrogens with zero attached hydrogens (tertiary/aromatic N) is 5. The van der Waals surface area contributed by atoms with Crippen molar-refractivity contribution in [1.82, 2.24) is 24.8 Å². The minimum Gasteiger partial charge on any atom is -0.369 e. The van der Waals surface area contributed by atoms with Crippen molar-refractivity contribution in [3.05, 3.63) is 49.2 Å². The maximum absolute atomic E-state index is 11.9. The van der Waals surface area contributed by atoms with E-state index in [0.29, 0.717) is 19.0 Å². The number of hydrogen-bond acceptors (Lipinski definition) is 7. The van der Waals surface area contributed by atoms with E-state index in [1.54, 1.807) is 4.90 Å². The minimum absolute atomic E-state index is 0.0313. The van der Waals surface area contributed by atoms with Gasteiger partial charge in [-0.25, -0.2) is 0 Å². The molecule has 4 heterocycles. The Labute approximate surface area is 193 Å². The summed E-state index contributed by atoms with van der Waals surface area (Å²) in [5.74, 6) is 1.25. The predicted octanol–water partition coefficient (Wildman–Crippen LogP) is 2.65. The molecule has 0 unspecified atom stereocenters. The SMILES string of the molecule is C=CC(=O)N1CC[C@@H](Nc2nc(Nc3ccc(N4CCN(C)CC4)cc3)nc3[nH]ccc23)C1. The molecular weight excluding hydrogens is 416 g/mol. The standard InChI is InChI=1S/C24H30N8O/c1-3-21(33)32-11-9-18(16-32)26-23-20-8-10-25-22(20)28-24(29-23)27-17-4-6-19(7-5-17)31-14-12-30(2)13-15-31/h3-8,10,18H,1,9,11-16H2,2H3,(H3,25,26,27,28,29)/t18-/m1/s1. The Balaban J connectivity index is 1.30. The Morgan fingerprint density at radius 2 is 1.91 bits per heavy atom. The first-order valence-electron chi connectivity index (χ1n) is 11.4. The monoisotopic (exact) mass is 446 g/mol.